The lowest BCUT2D eigenvalue weighted by Crippen LogP contribution is -2.09. The van der Waals surface area contributed by atoms with Gasteiger partial charge in [0.05, 0.1) is 12.0 Å². The van der Waals surface area contributed by atoms with Crippen LogP contribution in [0.15, 0.2) is 43.0 Å². The molecule has 1 N–H and O–H groups in total. The first-order valence-corrected chi connectivity index (χ1v) is 7.18. The maximum Gasteiger partial charge on any atom is 0.0921 e. The van der Waals surface area contributed by atoms with Crippen molar-refractivity contribution in [1.82, 2.24) is 19.7 Å². The van der Waals surface area contributed by atoms with Gasteiger partial charge in [-0.15, -0.1) is 0 Å². The Hall–Kier alpha value is -2.36. The van der Waals surface area contributed by atoms with Gasteiger partial charge in [0.1, 0.15) is 0 Å². The van der Waals surface area contributed by atoms with E-state index in [1.165, 1.54) is 16.7 Å². The molecule has 1 atom stereocenters. The average molecular weight is 280 g/mol. The van der Waals surface area contributed by atoms with Crippen LogP contribution < -0.4 is 0 Å². The van der Waals surface area contributed by atoms with Gasteiger partial charge in [0.25, 0.3) is 0 Å². The Kier molecular flexibility index (Phi) is 3.60. The van der Waals surface area contributed by atoms with E-state index in [0.717, 1.165) is 17.8 Å². The van der Waals surface area contributed by atoms with Crippen molar-refractivity contribution in [3.05, 3.63) is 71.1 Å². The summed E-state index contributed by atoms with van der Waals surface area (Å²) in [4.78, 5) is 7.45. The predicted molar refractivity (Wildman–Crippen MR) is 83.3 cm³/mol. The minimum atomic E-state index is 0.252. The van der Waals surface area contributed by atoms with Crippen LogP contribution in [0.3, 0.4) is 0 Å². The van der Waals surface area contributed by atoms with Crippen molar-refractivity contribution in [2.45, 2.75) is 26.2 Å². The molecule has 0 aliphatic rings. The SMILES string of the molecule is Cc1cccc([C@@H](Cc2ccn(C)n2)c2cnc[nH]2)c1C. The van der Waals surface area contributed by atoms with E-state index in [4.69, 9.17) is 0 Å². The Morgan fingerprint density at radius 3 is 2.76 bits per heavy atom. The molecule has 2 aromatic heterocycles. The van der Waals surface area contributed by atoms with Crippen molar-refractivity contribution in [2.24, 2.45) is 7.05 Å². The van der Waals surface area contributed by atoms with Crippen molar-refractivity contribution in [3.63, 3.8) is 0 Å². The number of benzene rings is 1. The molecule has 0 spiro atoms. The highest BCUT2D eigenvalue weighted by molar-refractivity contribution is 5.39. The van der Waals surface area contributed by atoms with E-state index in [0.29, 0.717) is 0 Å². The van der Waals surface area contributed by atoms with E-state index in [1.807, 2.05) is 24.1 Å². The van der Waals surface area contributed by atoms with Crippen LogP contribution in [0.1, 0.15) is 34.0 Å². The van der Waals surface area contributed by atoms with E-state index in [-0.39, 0.29) is 5.92 Å². The third kappa shape index (κ3) is 2.75. The Bertz CT molecular complexity index is 725. The summed E-state index contributed by atoms with van der Waals surface area (Å²) >= 11 is 0. The normalized spacial score (nSPS) is 12.5. The summed E-state index contributed by atoms with van der Waals surface area (Å²) in [7, 11) is 1.95. The summed E-state index contributed by atoms with van der Waals surface area (Å²) in [5.41, 5.74) is 6.23. The van der Waals surface area contributed by atoms with E-state index < -0.39 is 0 Å². The van der Waals surface area contributed by atoms with Gasteiger partial charge in [-0.3, -0.25) is 4.68 Å². The molecule has 0 saturated heterocycles. The zero-order valence-electron chi connectivity index (χ0n) is 12.7. The second-order valence-electron chi connectivity index (χ2n) is 5.53. The number of imidazole rings is 1. The van der Waals surface area contributed by atoms with Crippen molar-refractivity contribution in [2.75, 3.05) is 0 Å². The van der Waals surface area contributed by atoms with Crippen LogP contribution in [0, 0.1) is 13.8 Å². The molecule has 0 saturated carbocycles. The molecule has 0 fully saturated rings. The van der Waals surface area contributed by atoms with Crippen LogP contribution in [0.4, 0.5) is 0 Å². The molecule has 0 aliphatic carbocycles. The van der Waals surface area contributed by atoms with Gasteiger partial charge in [-0.05, 0) is 36.6 Å². The Morgan fingerprint density at radius 2 is 2.10 bits per heavy atom. The van der Waals surface area contributed by atoms with E-state index in [1.54, 1.807) is 6.33 Å². The topological polar surface area (TPSA) is 46.5 Å². The Labute approximate surface area is 124 Å². The van der Waals surface area contributed by atoms with Gasteiger partial charge in [-0.25, -0.2) is 4.98 Å². The lowest BCUT2D eigenvalue weighted by atomic mass is 9.87. The van der Waals surface area contributed by atoms with Gasteiger partial charge in [0, 0.05) is 37.5 Å². The van der Waals surface area contributed by atoms with E-state index in [2.05, 4.69) is 53.2 Å². The quantitative estimate of drug-likeness (QED) is 0.798. The third-order valence-corrected chi connectivity index (χ3v) is 4.10. The summed E-state index contributed by atoms with van der Waals surface area (Å²) in [6.07, 6.45) is 6.51. The number of nitrogens with one attached hydrogen (secondary N) is 1. The summed E-state index contributed by atoms with van der Waals surface area (Å²) in [6, 6.07) is 8.56. The second kappa shape index (κ2) is 5.56. The molecule has 0 unspecified atom stereocenters. The first kappa shape index (κ1) is 13.6. The molecule has 0 bridgehead atoms. The number of aromatic nitrogens is 4. The van der Waals surface area contributed by atoms with Gasteiger partial charge in [0.2, 0.25) is 0 Å². The van der Waals surface area contributed by atoms with Gasteiger partial charge in [-0.1, -0.05) is 18.2 Å². The molecule has 0 amide bonds. The molecule has 0 radical (unpaired) electrons. The van der Waals surface area contributed by atoms with Crippen LogP contribution >= 0.6 is 0 Å². The van der Waals surface area contributed by atoms with Crippen LogP contribution in [-0.2, 0) is 13.5 Å². The fraction of sp³-hybridized carbons (Fsp3) is 0.294. The van der Waals surface area contributed by atoms with Gasteiger partial charge < -0.3 is 4.98 Å². The number of H-pyrrole nitrogens is 1. The van der Waals surface area contributed by atoms with Crippen LogP contribution in [0.25, 0.3) is 0 Å². The summed E-state index contributed by atoms with van der Waals surface area (Å²) in [5, 5.41) is 4.52. The monoisotopic (exact) mass is 280 g/mol. The van der Waals surface area contributed by atoms with E-state index >= 15 is 0 Å². The number of nitrogens with zero attached hydrogens (tertiary/aromatic N) is 3. The van der Waals surface area contributed by atoms with Crippen LogP contribution in [0.2, 0.25) is 0 Å². The third-order valence-electron chi connectivity index (χ3n) is 4.10. The molecule has 4 heteroatoms. The van der Waals surface area contributed by atoms with Gasteiger partial charge >= 0.3 is 0 Å². The molecule has 2 heterocycles. The molecule has 108 valence electrons. The van der Waals surface area contributed by atoms with Crippen molar-refractivity contribution < 1.29 is 0 Å². The van der Waals surface area contributed by atoms with Crippen molar-refractivity contribution in [1.29, 1.82) is 0 Å². The average Bonchev–Trinajstić information content (AvgIpc) is 3.11. The van der Waals surface area contributed by atoms with Gasteiger partial charge in [0.15, 0.2) is 0 Å². The van der Waals surface area contributed by atoms with E-state index in [9.17, 15) is 0 Å². The standard InChI is InChI=1S/C17H20N4/c1-12-5-4-6-15(13(12)2)16(17-10-18-11-19-17)9-14-7-8-21(3)20-14/h4-8,10-11,16H,9H2,1-3H3,(H,18,19)/t16-/m1/s1. The highest BCUT2D eigenvalue weighted by Crippen LogP contribution is 2.30. The van der Waals surface area contributed by atoms with Crippen LogP contribution in [0.5, 0.6) is 0 Å². The predicted octanol–water partition coefficient (Wildman–Crippen LogP) is 3.13. The summed E-state index contributed by atoms with van der Waals surface area (Å²) in [5.74, 6) is 0.252. The fourth-order valence-corrected chi connectivity index (χ4v) is 2.78. The van der Waals surface area contributed by atoms with Gasteiger partial charge in [-0.2, -0.15) is 5.10 Å². The molecule has 3 aromatic rings. The van der Waals surface area contributed by atoms with Crippen molar-refractivity contribution >= 4 is 0 Å². The minimum Gasteiger partial charge on any atom is -0.348 e. The maximum atomic E-state index is 4.52. The highest BCUT2D eigenvalue weighted by Gasteiger charge is 2.20. The number of hydrogen-bond acceptors (Lipinski definition) is 2. The zero-order valence-corrected chi connectivity index (χ0v) is 12.7. The maximum absolute atomic E-state index is 4.52. The zero-order chi connectivity index (χ0) is 14.8. The first-order chi connectivity index (χ1) is 10.1. The summed E-state index contributed by atoms with van der Waals surface area (Å²) < 4.78 is 1.85. The number of hydrogen-bond donors (Lipinski definition) is 1. The molecule has 4 nitrogen and oxygen atoms in total. The highest BCUT2D eigenvalue weighted by atomic mass is 15.2. The largest absolute Gasteiger partial charge is 0.348 e. The molecule has 1 aromatic carbocycles. The Morgan fingerprint density at radius 1 is 1.24 bits per heavy atom. The van der Waals surface area contributed by atoms with Crippen LogP contribution in [-0.4, -0.2) is 19.7 Å². The summed E-state index contributed by atoms with van der Waals surface area (Å²) in [6.45, 7) is 4.34. The molecular formula is C17H20N4. The molecular weight excluding hydrogens is 260 g/mol. The lowest BCUT2D eigenvalue weighted by molar-refractivity contribution is 0.702. The number of aromatic amines is 1. The molecule has 3 rings (SSSR count). The fourth-order valence-electron chi connectivity index (χ4n) is 2.78. The number of rotatable bonds is 4. The molecule has 0 aliphatic heterocycles. The molecule has 21 heavy (non-hydrogen) atoms. The van der Waals surface area contributed by atoms with Crippen molar-refractivity contribution in [3.8, 4) is 0 Å². The first-order valence-electron chi connectivity index (χ1n) is 7.18. The second-order valence-corrected chi connectivity index (χ2v) is 5.53. The minimum absolute atomic E-state index is 0.252. The smallest absolute Gasteiger partial charge is 0.0921 e. The lowest BCUT2D eigenvalue weighted by Gasteiger charge is -2.18. The Balaban J connectivity index is 2.02. The number of aryl methyl sites for hydroxylation is 2.